The number of pyridine rings is 1. The average molecular weight is 256 g/mol. The van der Waals surface area contributed by atoms with Crippen molar-refractivity contribution >= 4 is 11.6 Å². The molecule has 0 amide bonds. The lowest BCUT2D eigenvalue weighted by Gasteiger charge is -2.02. The van der Waals surface area contributed by atoms with Crippen LogP contribution < -0.4 is 4.74 Å². The predicted molar refractivity (Wildman–Crippen MR) is 61.8 cm³/mol. The molecule has 0 bridgehead atoms. The highest BCUT2D eigenvalue weighted by Gasteiger charge is 2.08. The van der Waals surface area contributed by atoms with Gasteiger partial charge in [0.05, 0.1) is 17.4 Å². The van der Waals surface area contributed by atoms with E-state index in [1.165, 1.54) is 12.4 Å². The number of nitrogens with zero attached hydrogens (tertiary/aromatic N) is 3. The number of aryl methyl sites for hydroxylation is 1. The van der Waals surface area contributed by atoms with Gasteiger partial charge < -0.3 is 4.74 Å². The zero-order valence-electron chi connectivity index (χ0n) is 9.23. The van der Waals surface area contributed by atoms with Crippen molar-refractivity contribution in [2.45, 2.75) is 19.9 Å². The molecular formula is C11H11ClFN3O. The smallest absolute Gasteiger partial charge is 0.256 e. The zero-order valence-corrected chi connectivity index (χ0v) is 9.99. The van der Waals surface area contributed by atoms with Crippen LogP contribution in [0.3, 0.4) is 0 Å². The molecular weight excluding hydrogens is 245 g/mol. The fourth-order valence-electron chi connectivity index (χ4n) is 1.34. The molecule has 17 heavy (non-hydrogen) atoms. The van der Waals surface area contributed by atoms with Gasteiger partial charge in [-0.2, -0.15) is 5.10 Å². The molecule has 2 rings (SSSR count). The number of halogens is 2. The van der Waals surface area contributed by atoms with Crippen LogP contribution in [0.4, 0.5) is 4.39 Å². The Morgan fingerprint density at radius 3 is 3.00 bits per heavy atom. The zero-order chi connectivity index (χ0) is 12.3. The van der Waals surface area contributed by atoms with E-state index in [4.69, 9.17) is 16.3 Å². The molecule has 90 valence electrons. The minimum absolute atomic E-state index is 0.106. The maximum Gasteiger partial charge on any atom is 0.256 e. The third-order valence-electron chi connectivity index (χ3n) is 2.05. The van der Waals surface area contributed by atoms with Crippen LogP contribution in [-0.2, 0) is 6.54 Å². The van der Waals surface area contributed by atoms with E-state index in [0.29, 0.717) is 5.75 Å². The summed E-state index contributed by atoms with van der Waals surface area (Å²) in [6.45, 7) is 2.84. The average Bonchev–Trinajstić information content (AvgIpc) is 2.71. The van der Waals surface area contributed by atoms with Gasteiger partial charge in [0.15, 0.2) is 11.6 Å². The predicted octanol–water partition coefficient (Wildman–Crippen LogP) is 3.27. The van der Waals surface area contributed by atoms with Gasteiger partial charge in [0, 0.05) is 12.7 Å². The van der Waals surface area contributed by atoms with Crippen molar-refractivity contribution in [1.82, 2.24) is 14.8 Å². The van der Waals surface area contributed by atoms with Crippen LogP contribution in [0.1, 0.15) is 13.3 Å². The van der Waals surface area contributed by atoms with E-state index in [0.717, 1.165) is 19.0 Å². The maximum absolute atomic E-state index is 13.4. The highest BCUT2D eigenvalue weighted by Crippen LogP contribution is 2.23. The fraction of sp³-hybridized carbons (Fsp3) is 0.273. The van der Waals surface area contributed by atoms with Crippen LogP contribution in [-0.4, -0.2) is 14.8 Å². The van der Waals surface area contributed by atoms with Gasteiger partial charge in [-0.05, 0) is 12.5 Å². The van der Waals surface area contributed by atoms with Gasteiger partial charge >= 0.3 is 0 Å². The summed E-state index contributed by atoms with van der Waals surface area (Å²) >= 11 is 5.59. The molecule has 0 spiro atoms. The third kappa shape index (κ3) is 2.94. The van der Waals surface area contributed by atoms with E-state index in [-0.39, 0.29) is 10.9 Å². The summed E-state index contributed by atoms with van der Waals surface area (Å²) in [4.78, 5) is 3.76. The molecule has 0 aliphatic heterocycles. The Kier molecular flexibility index (Phi) is 3.58. The minimum atomic E-state index is -0.597. The monoisotopic (exact) mass is 255 g/mol. The van der Waals surface area contributed by atoms with Crippen molar-refractivity contribution in [2.24, 2.45) is 0 Å². The van der Waals surface area contributed by atoms with Crippen molar-refractivity contribution < 1.29 is 9.13 Å². The number of aromatic nitrogens is 3. The Hall–Kier alpha value is -1.62. The summed E-state index contributed by atoms with van der Waals surface area (Å²) in [6, 6.07) is 1.15. The van der Waals surface area contributed by atoms with E-state index >= 15 is 0 Å². The molecule has 0 atom stereocenters. The van der Waals surface area contributed by atoms with E-state index in [9.17, 15) is 4.39 Å². The first-order valence-electron chi connectivity index (χ1n) is 5.20. The molecule has 0 unspecified atom stereocenters. The van der Waals surface area contributed by atoms with Gasteiger partial charge in [-0.15, -0.1) is 0 Å². The second-order valence-corrected chi connectivity index (χ2v) is 3.92. The molecule has 0 radical (unpaired) electrons. The molecule has 0 aromatic carbocycles. The van der Waals surface area contributed by atoms with E-state index < -0.39 is 5.82 Å². The number of hydrogen-bond donors (Lipinski definition) is 0. The second-order valence-electron chi connectivity index (χ2n) is 3.48. The molecule has 0 aliphatic rings. The Balaban J connectivity index is 2.13. The number of rotatable bonds is 4. The van der Waals surface area contributed by atoms with E-state index in [1.807, 2.05) is 6.92 Å². The summed E-state index contributed by atoms with van der Waals surface area (Å²) < 4.78 is 20.4. The van der Waals surface area contributed by atoms with Crippen LogP contribution in [0.2, 0.25) is 5.02 Å². The maximum atomic E-state index is 13.4. The summed E-state index contributed by atoms with van der Waals surface area (Å²) in [5, 5.41) is 4.30. The number of ether oxygens (including phenoxy) is 1. The summed E-state index contributed by atoms with van der Waals surface area (Å²) in [5.41, 5.74) is 0. The Morgan fingerprint density at radius 1 is 1.47 bits per heavy atom. The van der Waals surface area contributed by atoms with Gasteiger partial charge in [0.25, 0.3) is 5.88 Å². The normalized spacial score (nSPS) is 10.5. The summed E-state index contributed by atoms with van der Waals surface area (Å²) in [6.07, 6.45) is 5.51. The van der Waals surface area contributed by atoms with Crippen LogP contribution >= 0.6 is 11.6 Å². The molecule has 0 saturated carbocycles. The van der Waals surface area contributed by atoms with Crippen molar-refractivity contribution in [2.75, 3.05) is 0 Å². The number of hydrogen-bond acceptors (Lipinski definition) is 3. The van der Waals surface area contributed by atoms with E-state index in [2.05, 4.69) is 10.1 Å². The molecule has 0 aliphatic carbocycles. The molecule has 0 fully saturated rings. The molecule has 4 nitrogen and oxygen atoms in total. The van der Waals surface area contributed by atoms with Crippen LogP contribution in [0, 0.1) is 5.82 Å². The molecule has 2 aromatic heterocycles. The third-order valence-corrected chi connectivity index (χ3v) is 2.26. The first-order chi connectivity index (χ1) is 8.19. The fourth-order valence-corrected chi connectivity index (χ4v) is 1.48. The van der Waals surface area contributed by atoms with Crippen LogP contribution in [0.25, 0.3) is 0 Å². The lowest BCUT2D eigenvalue weighted by molar-refractivity contribution is 0.422. The first-order valence-corrected chi connectivity index (χ1v) is 5.58. The molecule has 2 aromatic rings. The Labute approximate surface area is 103 Å². The Bertz CT molecular complexity index is 515. The molecule has 2 heterocycles. The lowest BCUT2D eigenvalue weighted by Crippen LogP contribution is -1.95. The highest BCUT2D eigenvalue weighted by atomic mass is 35.5. The quantitative estimate of drug-likeness (QED) is 0.842. The van der Waals surface area contributed by atoms with Gasteiger partial charge in [0.1, 0.15) is 0 Å². The SMILES string of the molecule is CCCn1cc(Oc2ncc(Cl)cc2F)cn1. The van der Waals surface area contributed by atoms with E-state index in [1.54, 1.807) is 10.9 Å². The van der Waals surface area contributed by atoms with Gasteiger partial charge in [-0.1, -0.05) is 18.5 Å². The largest absolute Gasteiger partial charge is 0.433 e. The Morgan fingerprint density at radius 2 is 2.29 bits per heavy atom. The first kappa shape index (κ1) is 11.9. The lowest BCUT2D eigenvalue weighted by atomic mass is 10.4. The van der Waals surface area contributed by atoms with Crippen LogP contribution in [0.15, 0.2) is 24.7 Å². The minimum Gasteiger partial charge on any atom is -0.433 e. The molecule has 6 heteroatoms. The highest BCUT2D eigenvalue weighted by molar-refractivity contribution is 6.30. The van der Waals surface area contributed by atoms with Gasteiger partial charge in [-0.25, -0.2) is 9.37 Å². The van der Waals surface area contributed by atoms with Crippen molar-refractivity contribution in [3.05, 3.63) is 35.5 Å². The molecule has 0 N–H and O–H groups in total. The standard InChI is InChI=1S/C11H11ClFN3O/c1-2-3-16-7-9(6-15-16)17-11-10(13)4-8(12)5-14-11/h4-7H,2-3H2,1H3. The van der Waals surface area contributed by atoms with Crippen molar-refractivity contribution in [3.8, 4) is 11.6 Å². The van der Waals surface area contributed by atoms with Crippen LogP contribution in [0.5, 0.6) is 11.6 Å². The van der Waals surface area contributed by atoms with Crippen molar-refractivity contribution in [1.29, 1.82) is 0 Å². The van der Waals surface area contributed by atoms with Gasteiger partial charge in [0.2, 0.25) is 0 Å². The summed E-state index contributed by atoms with van der Waals surface area (Å²) in [5.74, 6) is -0.252. The van der Waals surface area contributed by atoms with Crippen molar-refractivity contribution in [3.63, 3.8) is 0 Å². The second kappa shape index (κ2) is 5.14. The molecule has 0 saturated heterocycles. The van der Waals surface area contributed by atoms with Gasteiger partial charge in [-0.3, -0.25) is 4.68 Å². The topological polar surface area (TPSA) is 39.9 Å². The summed E-state index contributed by atoms with van der Waals surface area (Å²) in [7, 11) is 0.